The quantitative estimate of drug-likeness (QED) is 0.101. The average molecular weight is 626 g/mol. The Hall–Kier alpha value is 0.199. The van der Waals surface area contributed by atoms with E-state index in [-0.39, 0.29) is 0 Å². The van der Waals surface area contributed by atoms with Crippen LogP contribution in [0.15, 0.2) is 28.3 Å². The number of thiophene rings is 2. The zero-order chi connectivity index (χ0) is 25.6. The van der Waals surface area contributed by atoms with Gasteiger partial charge in [-0.3, -0.25) is 0 Å². The molecule has 0 spiro atoms. The van der Waals surface area contributed by atoms with E-state index in [4.69, 9.17) is 0 Å². The molecule has 0 saturated carbocycles. The molecule has 0 aliphatic carbocycles. The van der Waals surface area contributed by atoms with E-state index < -0.39 is 18.4 Å². The van der Waals surface area contributed by atoms with Gasteiger partial charge < -0.3 is 0 Å². The predicted molar refractivity (Wildman–Crippen MR) is 169 cm³/mol. The van der Waals surface area contributed by atoms with Crippen molar-refractivity contribution in [2.45, 2.75) is 151 Å². The van der Waals surface area contributed by atoms with Gasteiger partial charge in [0.1, 0.15) is 0 Å². The van der Waals surface area contributed by atoms with Gasteiger partial charge in [-0.05, 0) is 35.2 Å². The van der Waals surface area contributed by atoms with Crippen molar-refractivity contribution in [2.75, 3.05) is 0 Å². The summed E-state index contributed by atoms with van der Waals surface area (Å²) in [5.74, 6) is 0. The van der Waals surface area contributed by atoms with Gasteiger partial charge in [0.2, 0.25) is 0 Å². The summed E-state index contributed by atoms with van der Waals surface area (Å²) in [6.07, 6.45) is 22.2. The van der Waals surface area contributed by atoms with Crippen LogP contribution in [0.3, 0.4) is 0 Å². The fraction of sp³-hybridized carbons (Fsp3) is 0.750. The maximum absolute atomic E-state index is 2.69. The molecular weight excluding hydrogens is 567 g/mol. The molecule has 0 nitrogen and oxygen atoms in total. The van der Waals surface area contributed by atoms with Gasteiger partial charge in [-0.1, -0.05) is 26.2 Å². The Balaban J connectivity index is 0.000000462. The van der Waals surface area contributed by atoms with Crippen LogP contribution in [-0.4, -0.2) is 18.4 Å². The van der Waals surface area contributed by atoms with Crippen molar-refractivity contribution in [1.29, 1.82) is 0 Å². The molecule has 0 saturated heterocycles. The van der Waals surface area contributed by atoms with E-state index in [0.29, 0.717) is 0 Å². The summed E-state index contributed by atoms with van der Waals surface area (Å²) in [4.78, 5) is 0. The van der Waals surface area contributed by atoms with Crippen molar-refractivity contribution in [3.63, 3.8) is 0 Å². The Bertz CT molecular complexity index is 666. The van der Waals surface area contributed by atoms with Gasteiger partial charge in [0.25, 0.3) is 0 Å². The van der Waals surface area contributed by atoms with E-state index in [2.05, 4.69) is 74.2 Å². The summed E-state index contributed by atoms with van der Waals surface area (Å²) in [6.45, 7) is 11.7. The standard InChI is InChI=1S/C10H16S.C10H15S.3C4H9.Sn/c2*1-2-3-4-5-6-10-7-8-11-9-10;3*1-3-4-2;/h7-9H,2-6H2,1H3;7,9H,2-6H2,1H3;3*1,3-4H2,2H3;. The molecule has 0 fully saturated rings. The fourth-order valence-electron chi connectivity index (χ4n) is 5.02. The van der Waals surface area contributed by atoms with Crippen molar-refractivity contribution in [3.05, 3.63) is 39.4 Å². The number of hydrogen-bond acceptors (Lipinski definition) is 2. The van der Waals surface area contributed by atoms with Crippen LogP contribution in [-0.2, 0) is 12.8 Å². The van der Waals surface area contributed by atoms with Crippen molar-refractivity contribution in [3.8, 4) is 0 Å². The summed E-state index contributed by atoms with van der Waals surface area (Å²) in [5.41, 5.74) is 3.18. The molecular formula is C32H58S2Sn. The van der Waals surface area contributed by atoms with E-state index in [9.17, 15) is 0 Å². The maximum atomic E-state index is 2.69. The number of unbranched alkanes of at least 4 members (excludes halogenated alkanes) is 9. The van der Waals surface area contributed by atoms with Crippen LogP contribution in [0.25, 0.3) is 0 Å². The number of hydrogen-bond donors (Lipinski definition) is 0. The molecule has 0 atom stereocenters. The summed E-state index contributed by atoms with van der Waals surface area (Å²) in [6, 6.07) is 4.92. The van der Waals surface area contributed by atoms with E-state index >= 15 is 0 Å². The minimum absolute atomic E-state index is 1.28. The molecule has 0 radical (unpaired) electrons. The molecule has 0 unspecified atom stereocenters. The van der Waals surface area contributed by atoms with Crippen LogP contribution in [0.2, 0.25) is 13.3 Å². The molecule has 2 aromatic rings. The molecule has 3 heteroatoms. The summed E-state index contributed by atoms with van der Waals surface area (Å²) in [5, 5.41) is 6.94. The van der Waals surface area contributed by atoms with Gasteiger partial charge in [-0.15, -0.1) is 0 Å². The Morgan fingerprint density at radius 1 is 0.571 bits per heavy atom. The van der Waals surface area contributed by atoms with E-state index in [1.807, 2.05) is 2.89 Å². The second-order valence-corrected chi connectivity index (χ2v) is 26.5. The minimum atomic E-state index is -2.14. The Morgan fingerprint density at radius 2 is 1.09 bits per heavy atom. The Kier molecular flexibility index (Phi) is 21.1. The zero-order valence-corrected chi connectivity index (χ0v) is 28.6. The van der Waals surface area contributed by atoms with Gasteiger partial charge in [0.05, 0.1) is 0 Å². The summed E-state index contributed by atoms with van der Waals surface area (Å²) >= 11 is 1.83. The third-order valence-corrected chi connectivity index (χ3v) is 27.5. The van der Waals surface area contributed by atoms with E-state index in [1.54, 1.807) is 30.2 Å². The van der Waals surface area contributed by atoms with Crippen molar-refractivity contribution >= 4 is 43.9 Å². The zero-order valence-electron chi connectivity index (χ0n) is 24.1. The van der Waals surface area contributed by atoms with Crippen molar-refractivity contribution < 1.29 is 0 Å². The first-order chi connectivity index (χ1) is 17.2. The topological polar surface area (TPSA) is 0 Å². The van der Waals surface area contributed by atoms with Gasteiger partial charge in [0, 0.05) is 0 Å². The molecule has 2 aromatic heterocycles. The SMILES string of the molecule is CCCCCCc1ccsc1.CCCCCCc1cs[c]([Sn]([CH2]CCC)([CH2]CCC)[CH2]CCC)c1. The van der Waals surface area contributed by atoms with E-state index in [0.717, 1.165) is 0 Å². The fourth-order valence-corrected chi connectivity index (χ4v) is 25.8. The molecule has 0 amide bonds. The normalized spacial score (nSPS) is 11.5. The number of rotatable bonds is 20. The van der Waals surface area contributed by atoms with Crippen LogP contribution in [0.4, 0.5) is 0 Å². The first-order valence-corrected chi connectivity index (χ1v) is 24.5. The Morgan fingerprint density at radius 3 is 1.54 bits per heavy atom. The molecule has 0 N–H and O–H groups in total. The first-order valence-electron chi connectivity index (χ1n) is 15.2. The molecule has 0 aromatic carbocycles. The second kappa shape index (κ2) is 22.2. The van der Waals surface area contributed by atoms with Gasteiger partial charge in [-0.25, -0.2) is 0 Å². The van der Waals surface area contributed by atoms with Crippen LogP contribution >= 0.6 is 22.7 Å². The van der Waals surface area contributed by atoms with Crippen LogP contribution in [0.5, 0.6) is 0 Å². The van der Waals surface area contributed by atoms with Gasteiger partial charge in [-0.2, -0.15) is 11.3 Å². The molecule has 0 bridgehead atoms. The average Bonchev–Trinajstić information content (AvgIpc) is 3.58. The molecule has 202 valence electrons. The summed E-state index contributed by atoms with van der Waals surface area (Å²) in [7, 11) is 0. The van der Waals surface area contributed by atoms with Gasteiger partial charge in [0.15, 0.2) is 0 Å². The van der Waals surface area contributed by atoms with Crippen LogP contribution in [0.1, 0.15) is 136 Å². The molecule has 35 heavy (non-hydrogen) atoms. The van der Waals surface area contributed by atoms with Crippen molar-refractivity contribution in [2.24, 2.45) is 0 Å². The monoisotopic (exact) mass is 626 g/mol. The third kappa shape index (κ3) is 14.6. The second-order valence-electron chi connectivity index (χ2n) is 10.7. The molecule has 0 aliphatic rings. The molecule has 2 rings (SSSR count). The number of aryl methyl sites for hydroxylation is 2. The first kappa shape index (κ1) is 33.2. The van der Waals surface area contributed by atoms with Gasteiger partial charge >= 0.3 is 161 Å². The Labute approximate surface area is 232 Å². The van der Waals surface area contributed by atoms with E-state index in [1.165, 1.54) is 108 Å². The summed E-state index contributed by atoms with van der Waals surface area (Å²) < 4.78 is 6.76. The molecule has 0 aliphatic heterocycles. The van der Waals surface area contributed by atoms with Crippen LogP contribution < -0.4 is 2.89 Å². The third-order valence-electron chi connectivity index (χ3n) is 7.42. The van der Waals surface area contributed by atoms with Crippen LogP contribution in [0, 0.1) is 0 Å². The predicted octanol–water partition coefficient (Wildman–Crippen LogP) is 11.8. The molecule has 2 heterocycles. The van der Waals surface area contributed by atoms with Crippen molar-refractivity contribution in [1.82, 2.24) is 0 Å².